The van der Waals surface area contributed by atoms with E-state index in [1.165, 1.54) is 28.6 Å². The van der Waals surface area contributed by atoms with Crippen LogP contribution in [0.15, 0.2) is 18.2 Å². The summed E-state index contributed by atoms with van der Waals surface area (Å²) in [5, 5.41) is 10.8. The van der Waals surface area contributed by atoms with Gasteiger partial charge < -0.3 is 14.2 Å². The van der Waals surface area contributed by atoms with E-state index in [2.05, 4.69) is 70.8 Å². The van der Waals surface area contributed by atoms with Gasteiger partial charge in [-0.1, -0.05) is 41.5 Å². The lowest BCUT2D eigenvalue weighted by molar-refractivity contribution is 0.0697. The van der Waals surface area contributed by atoms with Gasteiger partial charge in [-0.3, -0.25) is 0 Å². The highest BCUT2D eigenvalue weighted by atomic mass is 28.3. The Bertz CT molecular complexity index is 889. The van der Waals surface area contributed by atoms with Crippen LogP contribution >= 0.6 is 0 Å². The first kappa shape index (κ1) is 22.1. The van der Waals surface area contributed by atoms with Crippen molar-refractivity contribution in [1.29, 1.82) is 0 Å². The SMILES string of the molecule is CC(C)[Si](C(C)C)(C(C)C)n1c2c(c3cc(C(=O)O)ccc31)CC(N(C)C)CC2. The van der Waals surface area contributed by atoms with Gasteiger partial charge in [0.15, 0.2) is 8.24 Å². The van der Waals surface area contributed by atoms with Crippen molar-refractivity contribution in [2.45, 2.75) is 83.5 Å². The Labute approximate surface area is 177 Å². The topological polar surface area (TPSA) is 45.5 Å². The molecule has 1 aromatic heterocycles. The zero-order valence-corrected chi connectivity index (χ0v) is 20.4. The minimum absolute atomic E-state index is 0.398. The van der Waals surface area contributed by atoms with E-state index in [1.807, 2.05) is 6.07 Å². The lowest BCUT2D eigenvalue weighted by Gasteiger charge is -2.46. The second-order valence-corrected chi connectivity index (χ2v) is 15.7. The van der Waals surface area contributed by atoms with Crippen molar-refractivity contribution >= 4 is 25.1 Å². The number of rotatable bonds is 6. The van der Waals surface area contributed by atoms with Gasteiger partial charge in [0.25, 0.3) is 0 Å². The van der Waals surface area contributed by atoms with Crippen LogP contribution in [0.2, 0.25) is 16.6 Å². The Morgan fingerprint density at radius 1 is 1.10 bits per heavy atom. The molecule has 1 aromatic carbocycles. The molecular weight excluding hydrogens is 376 g/mol. The van der Waals surface area contributed by atoms with Crippen molar-refractivity contribution < 1.29 is 9.90 Å². The number of benzene rings is 1. The Kier molecular flexibility index (Phi) is 6.03. The van der Waals surface area contributed by atoms with Crippen LogP contribution in [0.4, 0.5) is 0 Å². The van der Waals surface area contributed by atoms with Crippen LogP contribution < -0.4 is 0 Å². The smallest absolute Gasteiger partial charge is 0.335 e. The van der Waals surface area contributed by atoms with Gasteiger partial charge in [0.2, 0.25) is 0 Å². The second kappa shape index (κ2) is 7.92. The van der Waals surface area contributed by atoms with Crippen LogP contribution in [-0.2, 0) is 12.8 Å². The maximum absolute atomic E-state index is 11.7. The fourth-order valence-electron chi connectivity index (χ4n) is 6.33. The molecule has 0 saturated heterocycles. The maximum Gasteiger partial charge on any atom is 0.335 e. The molecule has 0 radical (unpaired) electrons. The maximum atomic E-state index is 11.7. The fraction of sp³-hybridized carbons (Fsp3) is 0.625. The van der Waals surface area contributed by atoms with Crippen LogP contribution in [0.3, 0.4) is 0 Å². The highest BCUT2D eigenvalue weighted by molar-refractivity contribution is 6.82. The quantitative estimate of drug-likeness (QED) is 0.609. The average Bonchev–Trinajstić information content (AvgIpc) is 2.95. The van der Waals surface area contributed by atoms with Crippen LogP contribution in [0.25, 0.3) is 10.9 Å². The van der Waals surface area contributed by atoms with Crippen molar-refractivity contribution in [1.82, 2.24) is 9.13 Å². The molecule has 0 spiro atoms. The number of carboxylic acids is 1. The van der Waals surface area contributed by atoms with E-state index in [4.69, 9.17) is 0 Å². The first-order valence-electron chi connectivity index (χ1n) is 11.1. The van der Waals surface area contributed by atoms with E-state index < -0.39 is 14.2 Å². The Morgan fingerprint density at radius 2 is 1.69 bits per heavy atom. The fourth-order valence-corrected chi connectivity index (χ4v) is 13.2. The number of nitrogens with zero attached hydrogens (tertiary/aromatic N) is 2. The predicted molar refractivity (Wildman–Crippen MR) is 125 cm³/mol. The summed E-state index contributed by atoms with van der Waals surface area (Å²) in [5.74, 6) is -0.839. The van der Waals surface area contributed by atoms with Crippen molar-refractivity contribution in [2.75, 3.05) is 14.1 Å². The van der Waals surface area contributed by atoms with E-state index >= 15 is 0 Å². The zero-order chi connectivity index (χ0) is 21.7. The molecule has 0 bridgehead atoms. The predicted octanol–water partition coefficient (Wildman–Crippen LogP) is 5.78. The average molecular weight is 415 g/mol. The summed E-state index contributed by atoms with van der Waals surface area (Å²) in [6.07, 6.45) is 3.25. The van der Waals surface area contributed by atoms with Gasteiger partial charge in [0.1, 0.15) is 0 Å². The number of carboxylic acid groups (broad SMARTS) is 1. The molecule has 0 aliphatic heterocycles. The third kappa shape index (κ3) is 3.36. The Balaban J connectivity index is 2.40. The lowest BCUT2D eigenvalue weighted by Crippen LogP contribution is -2.53. The molecule has 2 aromatic rings. The lowest BCUT2D eigenvalue weighted by atomic mass is 9.90. The molecule has 1 N–H and O–H groups in total. The van der Waals surface area contributed by atoms with E-state index in [0.29, 0.717) is 28.2 Å². The minimum Gasteiger partial charge on any atom is -0.478 e. The number of aromatic carboxylic acids is 1. The van der Waals surface area contributed by atoms with Gasteiger partial charge in [0.05, 0.1) is 5.56 Å². The molecule has 3 rings (SSSR count). The van der Waals surface area contributed by atoms with Crippen LogP contribution in [0, 0.1) is 0 Å². The standard InChI is InChI=1S/C24H38N2O2Si/c1-15(2)29(16(3)4,17(5)6)26-22-11-9-18(24(27)28)13-20(22)21-14-19(25(7)8)10-12-23(21)26/h9,11,13,15-17,19H,10,12,14H2,1-8H3,(H,27,28). The highest BCUT2D eigenvalue weighted by Gasteiger charge is 2.48. The molecule has 1 aliphatic carbocycles. The van der Waals surface area contributed by atoms with E-state index in [1.54, 1.807) is 6.07 Å². The first-order valence-corrected chi connectivity index (χ1v) is 13.3. The van der Waals surface area contributed by atoms with Crippen LogP contribution in [-0.4, -0.2) is 48.6 Å². The molecule has 4 nitrogen and oxygen atoms in total. The van der Waals surface area contributed by atoms with Gasteiger partial charge in [-0.15, -0.1) is 0 Å². The molecular formula is C24H38N2O2Si. The Morgan fingerprint density at radius 3 is 2.17 bits per heavy atom. The summed E-state index contributed by atoms with van der Waals surface area (Å²) in [7, 11) is 2.39. The number of hydrogen-bond donors (Lipinski definition) is 1. The minimum atomic E-state index is -1.93. The molecule has 160 valence electrons. The molecule has 5 heteroatoms. The Hall–Kier alpha value is -1.59. The second-order valence-electron chi connectivity index (χ2n) is 10.0. The molecule has 1 heterocycles. The molecule has 29 heavy (non-hydrogen) atoms. The summed E-state index contributed by atoms with van der Waals surface area (Å²) in [4.78, 5) is 14.0. The number of fused-ring (bicyclic) bond motifs is 3. The van der Waals surface area contributed by atoms with Gasteiger partial charge in [-0.2, -0.15) is 0 Å². The molecule has 1 aliphatic rings. The van der Waals surface area contributed by atoms with Crippen molar-refractivity contribution in [3.8, 4) is 0 Å². The van der Waals surface area contributed by atoms with Gasteiger partial charge in [0, 0.05) is 22.6 Å². The van der Waals surface area contributed by atoms with Crippen LogP contribution in [0.5, 0.6) is 0 Å². The van der Waals surface area contributed by atoms with Crippen molar-refractivity contribution in [2.24, 2.45) is 0 Å². The van der Waals surface area contributed by atoms with E-state index in [-0.39, 0.29) is 0 Å². The number of hydrogen-bond acceptors (Lipinski definition) is 2. The van der Waals surface area contributed by atoms with E-state index in [0.717, 1.165) is 12.8 Å². The molecule has 1 unspecified atom stereocenters. The molecule has 0 amide bonds. The third-order valence-electron chi connectivity index (χ3n) is 7.47. The summed E-state index contributed by atoms with van der Waals surface area (Å²) >= 11 is 0. The van der Waals surface area contributed by atoms with Gasteiger partial charge >= 0.3 is 5.97 Å². The normalized spacial score (nSPS) is 17.7. The summed E-state index contributed by atoms with van der Waals surface area (Å²) in [6, 6.07) is 6.35. The molecule has 1 atom stereocenters. The third-order valence-corrected chi connectivity index (χ3v) is 14.3. The van der Waals surface area contributed by atoms with Crippen LogP contribution in [0.1, 0.15) is 69.6 Å². The number of likely N-dealkylation sites (N-methyl/N-ethyl adjacent to an activating group) is 1. The number of carbonyl (C=O) groups is 1. The summed E-state index contributed by atoms with van der Waals surface area (Å²) in [5.41, 5.74) is 6.36. The van der Waals surface area contributed by atoms with Gasteiger partial charge in [-0.05, 0) is 73.7 Å². The number of aromatic nitrogens is 1. The summed E-state index contributed by atoms with van der Waals surface area (Å²) < 4.78 is 2.77. The van der Waals surface area contributed by atoms with Gasteiger partial charge in [-0.25, -0.2) is 4.79 Å². The largest absolute Gasteiger partial charge is 0.478 e. The zero-order valence-electron chi connectivity index (χ0n) is 19.4. The molecule has 0 fully saturated rings. The summed E-state index contributed by atoms with van der Waals surface area (Å²) in [6.45, 7) is 14.4. The monoisotopic (exact) mass is 414 g/mol. The van der Waals surface area contributed by atoms with E-state index in [9.17, 15) is 9.90 Å². The van der Waals surface area contributed by atoms with Crippen molar-refractivity contribution in [3.63, 3.8) is 0 Å². The highest BCUT2D eigenvalue weighted by Crippen LogP contribution is 2.47. The van der Waals surface area contributed by atoms with Crippen molar-refractivity contribution in [3.05, 3.63) is 35.0 Å². The molecule has 0 saturated carbocycles. The first-order chi connectivity index (χ1) is 13.5.